The van der Waals surface area contributed by atoms with Crippen LogP contribution in [-0.4, -0.2) is 24.8 Å². The highest BCUT2D eigenvalue weighted by molar-refractivity contribution is 5.81. The van der Waals surface area contributed by atoms with Gasteiger partial charge in [-0.2, -0.15) is 0 Å². The van der Waals surface area contributed by atoms with E-state index in [0.717, 1.165) is 32.3 Å². The number of rotatable bonds is 0. The van der Waals surface area contributed by atoms with Gasteiger partial charge in [-0.3, -0.25) is 9.59 Å². The predicted octanol–water partition coefficient (Wildman–Crippen LogP) is 3.22. The molecule has 0 amide bonds. The zero-order valence-electron chi connectivity index (χ0n) is 11.2. The van der Waals surface area contributed by atoms with Crippen LogP contribution in [0.2, 0.25) is 0 Å². The van der Waals surface area contributed by atoms with Crippen molar-refractivity contribution in [2.24, 2.45) is 0 Å². The predicted molar refractivity (Wildman–Crippen MR) is 71.5 cm³/mol. The Hall–Kier alpha value is -0.960. The van der Waals surface area contributed by atoms with Crippen LogP contribution in [0, 0.1) is 0 Å². The lowest BCUT2D eigenvalue weighted by atomic mass is 10.0. The highest BCUT2D eigenvalue weighted by atomic mass is 16.5. The molecule has 1 aliphatic rings. The quantitative estimate of drug-likeness (QED) is 0.622. The molecular formula is C15H24O3. The molecule has 3 heteroatoms. The minimum atomic E-state index is 0.262. The average molecular weight is 252 g/mol. The number of hydrogen-bond donors (Lipinski definition) is 0. The Morgan fingerprint density at radius 1 is 0.722 bits per heavy atom. The molecule has 0 aliphatic carbocycles. The fourth-order valence-electron chi connectivity index (χ4n) is 2.01. The van der Waals surface area contributed by atoms with Crippen molar-refractivity contribution in [3.8, 4) is 0 Å². The molecule has 0 aromatic heterocycles. The summed E-state index contributed by atoms with van der Waals surface area (Å²) >= 11 is 0. The number of Topliss-reactive ketones (excluding diaryl/α,β-unsaturated/α-hetero) is 2. The summed E-state index contributed by atoms with van der Waals surface area (Å²) in [5.41, 5.74) is 0. The molecular weight excluding hydrogens is 228 g/mol. The lowest BCUT2D eigenvalue weighted by Gasteiger charge is -2.04. The van der Waals surface area contributed by atoms with Crippen molar-refractivity contribution >= 4 is 11.6 Å². The smallest absolute Gasteiger partial charge is 0.133 e. The van der Waals surface area contributed by atoms with Gasteiger partial charge in [-0.15, -0.1) is 0 Å². The van der Waals surface area contributed by atoms with E-state index in [1.165, 1.54) is 0 Å². The highest BCUT2D eigenvalue weighted by Crippen LogP contribution is 2.07. The van der Waals surface area contributed by atoms with Gasteiger partial charge in [0.1, 0.15) is 11.6 Å². The second-order valence-corrected chi connectivity index (χ2v) is 4.80. The third kappa shape index (κ3) is 8.18. The lowest BCUT2D eigenvalue weighted by Crippen LogP contribution is -2.04. The molecule has 0 spiro atoms. The van der Waals surface area contributed by atoms with Gasteiger partial charge in [0.25, 0.3) is 0 Å². The molecule has 0 bridgehead atoms. The largest absolute Gasteiger partial charge is 0.381 e. The Morgan fingerprint density at radius 3 is 2.11 bits per heavy atom. The topological polar surface area (TPSA) is 43.4 Å². The summed E-state index contributed by atoms with van der Waals surface area (Å²) in [6, 6.07) is 0. The molecule has 1 rings (SSSR count). The maximum absolute atomic E-state index is 11.5. The van der Waals surface area contributed by atoms with Crippen molar-refractivity contribution in [1.29, 1.82) is 0 Å². The van der Waals surface area contributed by atoms with Gasteiger partial charge in [0.05, 0.1) is 6.61 Å². The van der Waals surface area contributed by atoms with E-state index >= 15 is 0 Å². The maximum atomic E-state index is 11.5. The first-order valence-corrected chi connectivity index (χ1v) is 7.05. The van der Waals surface area contributed by atoms with Crippen LogP contribution in [-0.2, 0) is 14.3 Å². The van der Waals surface area contributed by atoms with E-state index in [-0.39, 0.29) is 5.78 Å². The Labute approximate surface area is 110 Å². The van der Waals surface area contributed by atoms with E-state index in [4.69, 9.17) is 4.74 Å². The van der Waals surface area contributed by atoms with Gasteiger partial charge in [0.2, 0.25) is 0 Å². The fourth-order valence-corrected chi connectivity index (χ4v) is 2.01. The molecule has 0 fully saturated rings. The summed E-state index contributed by atoms with van der Waals surface area (Å²) < 4.78 is 5.44. The van der Waals surface area contributed by atoms with Gasteiger partial charge in [-0.1, -0.05) is 12.2 Å². The van der Waals surface area contributed by atoms with E-state index in [2.05, 4.69) is 12.2 Å². The molecule has 0 saturated carbocycles. The zero-order chi connectivity index (χ0) is 13.1. The van der Waals surface area contributed by atoms with Crippen molar-refractivity contribution in [2.75, 3.05) is 13.2 Å². The van der Waals surface area contributed by atoms with E-state index < -0.39 is 0 Å². The molecule has 0 unspecified atom stereocenters. The molecule has 0 atom stereocenters. The number of hydrogen-bond acceptors (Lipinski definition) is 3. The molecule has 1 aliphatic heterocycles. The molecule has 0 N–H and O–H groups in total. The van der Waals surface area contributed by atoms with Crippen molar-refractivity contribution in [3.05, 3.63) is 12.2 Å². The first-order valence-electron chi connectivity index (χ1n) is 7.05. The Kier molecular flexibility index (Phi) is 8.40. The van der Waals surface area contributed by atoms with Gasteiger partial charge >= 0.3 is 0 Å². The normalized spacial score (nSPS) is 22.0. The van der Waals surface area contributed by atoms with E-state index in [0.29, 0.717) is 44.5 Å². The summed E-state index contributed by atoms with van der Waals surface area (Å²) in [5.74, 6) is 0.560. The van der Waals surface area contributed by atoms with Crippen LogP contribution < -0.4 is 0 Å². The van der Waals surface area contributed by atoms with E-state index in [9.17, 15) is 9.59 Å². The average Bonchev–Trinajstić information content (AvgIpc) is 2.34. The van der Waals surface area contributed by atoms with Crippen LogP contribution in [0.1, 0.15) is 57.8 Å². The Balaban J connectivity index is 2.29. The van der Waals surface area contributed by atoms with E-state index in [1.807, 2.05) is 0 Å². The molecule has 0 saturated heterocycles. The third-order valence-electron chi connectivity index (χ3n) is 3.08. The summed E-state index contributed by atoms with van der Waals surface area (Å²) in [4.78, 5) is 23.0. The molecule has 0 radical (unpaired) electrons. The fraction of sp³-hybridized carbons (Fsp3) is 0.733. The number of ketones is 2. The van der Waals surface area contributed by atoms with Crippen molar-refractivity contribution in [1.82, 2.24) is 0 Å². The van der Waals surface area contributed by atoms with Crippen LogP contribution in [0.3, 0.4) is 0 Å². The number of ether oxygens (including phenoxy) is 1. The second kappa shape index (κ2) is 10.0. The van der Waals surface area contributed by atoms with Gasteiger partial charge in [0.15, 0.2) is 0 Å². The first-order chi connectivity index (χ1) is 8.79. The van der Waals surface area contributed by atoms with E-state index in [1.54, 1.807) is 0 Å². The molecule has 0 aromatic carbocycles. The van der Waals surface area contributed by atoms with Crippen molar-refractivity contribution in [2.45, 2.75) is 57.8 Å². The summed E-state index contributed by atoms with van der Waals surface area (Å²) in [6.07, 6.45) is 10.9. The Bertz CT molecular complexity index is 281. The van der Waals surface area contributed by atoms with Crippen LogP contribution in [0.5, 0.6) is 0 Å². The SMILES string of the molecule is O=C1CCCC=CCCOCCCC(=O)CCC1. The van der Waals surface area contributed by atoms with Crippen LogP contribution in [0.4, 0.5) is 0 Å². The molecule has 0 aromatic rings. The summed E-state index contributed by atoms with van der Waals surface area (Å²) in [5, 5.41) is 0. The van der Waals surface area contributed by atoms with Crippen LogP contribution in [0.25, 0.3) is 0 Å². The van der Waals surface area contributed by atoms with Crippen molar-refractivity contribution in [3.63, 3.8) is 0 Å². The van der Waals surface area contributed by atoms with Gasteiger partial charge in [-0.05, 0) is 32.1 Å². The highest BCUT2D eigenvalue weighted by Gasteiger charge is 2.05. The van der Waals surface area contributed by atoms with Crippen LogP contribution in [0.15, 0.2) is 12.2 Å². The Morgan fingerprint density at radius 2 is 1.33 bits per heavy atom. The molecule has 1 heterocycles. The molecule has 3 nitrogen and oxygen atoms in total. The lowest BCUT2D eigenvalue weighted by molar-refractivity contribution is -0.120. The first kappa shape index (κ1) is 15.1. The third-order valence-corrected chi connectivity index (χ3v) is 3.08. The molecule has 18 heavy (non-hydrogen) atoms. The maximum Gasteiger partial charge on any atom is 0.133 e. The summed E-state index contributed by atoms with van der Waals surface area (Å²) in [6.45, 7) is 1.39. The monoisotopic (exact) mass is 252 g/mol. The number of carbonyl (C=O) groups excluding carboxylic acids is 2. The van der Waals surface area contributed by atoms with Gasteiger partial charge < -0.3 is 4.74 Å². The number of allylic oxidation sites excluding steroid dienone is 1. The number of carbonyl (C=O) groups is 2. The minimum absolute atomic E-state index is 0.262. The molecule has 102 valence electrons. The van der Waals surface area contributed by atoms with Gasteiger partial charge in [-0.25, -0.2) is 0 Å². The second-order valence-electron chi connectivity index (χ2n) is 4.80. The summed E-state index contributed by atoms with van der Waals surface area (Å²) in [7, 11) is 0. The van der Waals surface area contributed by atoms with Crippen molar-refractivity contribution < 1.29 is 14.3 Å². The zero-order valence-corrected chi connectivity index (χ0v) is 11.2. The van der Waals surface area contributed by atoms with Gasteiger partial charge in [0, 0.05) is 32.3 Å². The minimum Gasteiger partial charge on any atom is -0.381 e. The van der Waals surface area contributed by atoms with Crippen LogP contribution >= 0.6 is 0 Å². The standard InChI is InChI=1S/C15H24O3/c16-14-8-4-2-1-3-5-12-18-13-7-11-15(17)10-6-9-14/h1,3H,2,4-13H2.